The Balaban J connectivity index is 1.97. The van der Waals surface area contributed by atoms with E-state index in [4.69, 9.17) is 0 Å². The van der Waals surface area contributed by atoms with E-state index in [1.165, 1.54) is 11.9 Å². The van der Waals surface area contributed by atoms with Gasteiger partial charge in [-0.05, 0) is 37.8 Å². The predicted molar refractivity (Wildman–Crippen MR) is 97.0 cm³/mol. The lowest BCUT2D eigenvalue weighted by molar-refractivity contribution is 0.0698. The first kappa shape index (κ1) is 19.2. The molecule has 1 aromatic carbocycles. The predicted octanol–water partition coefficient (Wildman–Crippen LogP) is 4.51. The molecule has 2 aromatic rings. The molecule has 0 radical (unpaired) electrons. The van der Waals surface area contributed by atoms with Gasteiger partial charge < -0.3 is 4.90 Å². The molecular weight excluding hydrogens is 355 g/mol. The summed E-state index contributed by atoms with van der Waals surface area (Å²) in [6.45, 7) is 7.84. The zero-order chi connectivity index (χ0) is 19.9. The molecule has 1 saturated carbocycles. The molecule has 1 aliphatic rings. The Kier molecular flexibility index (Phi) is 5.13. The normalized spacial score (nSPS) is 15.1. The van der Waals surface area contributed by atoms with Gasteiger partial charge in [-0.15, -0.1) is 0 Å². The molecule has 0 aliphatic heterocycles. The van der Waals surface area contributed by atoms with E-state index >= 15 is 0 Å². The van der Waals surface area contributed by atoms with Crippen molar-refractivity contribution in [1.29, 1.82) is 0 Å². The van der Waals surface area contributed by atoms with Crippen molar-refractivity contribution in [2.75, 3.05) is 0 Å². The van der Waals surface area contributed by atoms with Gasteiger partial charge >= 0.3 is 0 Å². The largest absolute Gasteiger partial charge is 0.329 e. The lowest BCUT2D eigenvalue weighted by Crippen LogP contribution is -2.41. The summed E-state index contributed by atoms with van der Waals surface area (Å²) >= 11 is 0. The van der Waals surface area contributed by atoms with Crippen LogP contribution in [-0.4, -0.2) is 32.7 Å². The molecule has 1 amide bonds. The quantitative estimate of drug-likeness (QED) is 0.743. The van der Waals surface area contributed by atoms with Gasteiger partial charge in [0.05, 0.1) is 6.04 Å². The lowest BCUT2D eigenvalue weighted by atomic mass is 9.98. The summed E-state index contributed by atoms with van der Waals surface area (Å²) in [4.78, 5) is 14.6. The molecule has 1 atom stereocenters. The summed E-state index contributed by atoms with van der Waals surface area (Å²) in [5.74, 6) is -1.81. The third kappa shape index (κ3) is 3.63. The summed E-state index contributed by atoms with van der Waals surface area (Å²) in [6.07, 6.45) is -1.53. The number of aryl methyl sites for hydroxylation is 2. The molecule has 3 rings (SSSR count). The average Bonchev–Trinajstić information content (AvgIpc) is 3.40. The number of hydrogen-bond donors (Lipinski definition) is 0. The smallest absolute Gasteiger partial charge is 0.283 e. The monoisotopic (exact) mass is 377 g/mol. The number of carbonyl (C=O) groups excluding carboxylic acids is 1. The van der Waals surface area contributed by atoms with Gasteiger partial charge in [0.15, 0.2) is 0 Å². The maximum atomic E-state index is 14.4. The fourth-order valence-corrected chi connectivity index (χ4v) is 3.27. The molecule has 1 aliphatic carbocycles. The summed E-state index contributed by atoms with van der Waals surface area (Å²) < 4.78 is 41.7. The van der Waals surface area contributed by atoms with E-state index in [2.05, 4.69) is 11.7 Å². The number of halogens is 3. The summed E-state index contributed by atoms with van der Waals surface area (Å²) in [7, 11) is 1.20. The zero-order valence-electron chi connectivity index (χ0n) is 15.5. The second-order valence-corrected chi connectivity index (χ2v) is 6.99. The molecule has 7 heteroatoms. The topological polar surface area (TPSA) is 38.1 Å². The van der Waals surface area contributed by atoms with Crippen molar-refractivity contribution in [1.82, 2.24) is 14.7 Å². The third-order valence-corrected chi connectivity index (χ3v) is 4.91. The van der Waals surface area contributed by atoms with Crippen LogP contribution < -0.4 is 0 Å². The van der Waals surface area contributed by atoms with Crippen molar-refractivity contribution in [2.45, 2.75) is 45.2 Å². The minimum atomic E-state index is -3.03. The fourth-order valence-electron chi connectivity index (χ4n) is 3.27. The van der Waals surface area contributed by atoms with Gasteiger partial charge in [-0.1, -0.05) is 36.4 Å². The average molecular weight is 377 g/mol. The summed E-state index contributed by atoms with van der Waals surface area (Å²) in [5, 5.41) is 3.49. The number of carbonyl (C=O) groups is 1. The Hall–Kier alpha value is -2.57. The van der Waals surface area contributed by atoms with Crippen molar-refractivity contribution in [3.63, 3.8) is 0 Å². The van der Waals surface area contributed by atoms with Crippen LogP contribution in [-0.2, 0) is 7.05 Å². The zero-order valence-corrected chi connectivity index (χ0v) is 15.5. The SMILES string of the molecule is C=C(c1cccc(C)c1)C(C)N(C(=O)c1c(C(F)F)nn(C)c1F)C1CC1. The molecule has 1 unspecified atom stereocenters. The Morgan fingerprint density at radius 3 is 2.59 bits per heavy atom. The molecule has 1 fully saturated rings. The van der Waals surface area contributed by atoms with Crippen molar-refractivity contribution in [3.8, 4) is 0 Å². The molecule has 1 aromatic heterocycles. The first-order chi connectivity index (χ1) is 12.7. The van der Waals surface area contributed by atoms with Crippen LogP contribution in [0.3, 0.4) is 0 Å². The maximum absolute atomic E-state index is 14.4. The standard InChI is InChI=1S/C20H22F3N3O/c1-11-6-5-7-14(10-11)12(2)13(3)26(15-8-9-15)20(27)16-17(18(21)22)24-25(4)19(16)23/h5-7,10,13,15,18H,2,8-9H2,1,3-4H3. The van der Waals surface area contributed by atoms with Crippen molar-refractivity contribution in [3.05, 3.63) is 59.2 Å². The van der Waals surface area contributed by atoms with Crippen molar-refractivity contribution in [2.24, 2.45) is 7.05 Å². The van der Waals surface area contributed by atoms with E-state index in [1.54, 1.807) is 6.92 Å². The van der Waals surface area contributed by atoms with Crippen LogP contribution in [0.25, 0.3) is 5.57 Å². The Bertz CT molecular complexity index is 887. The minimum Gasteiger partial charge on any atom is -0.329 e. The van der Waals surface area contributed by atoms with Gasteiger partial charge in [0.1, 0.15) is 11.3 Å². The van der Waals surface area contributed by atoms with Crippen LogP contribution in [0.5, 0.6) is 0 Å². The van der Waals surface area contributed by atoms with E-state index in [0.717, 1.165) is 24.0 Å². The van der Waals surface area contributed by atoms with E-state index in [1.807, 2.05) is 31.2 Å². The fraction of sp³-hybridized carbons (Fsp3) is 0.400. The molecule has 0 bridgehead atoms. The highest BCUT2D eigenvalue weighted by atomic mass is 19.3. The van der Waals surface area contributed by atoms with E-state index in [-0.39, 0.29) is 6.04 Å². The second kappa shape index (κ2) is 7.21. The summed E-state index contributed by atoms with van der Waals surface area (Å²) in [5.41, 5.74) is 1.12. The number of benzene rings is 1. The van der Waals surface area contributed by atoms with Crippen LogP contribution in [0.1, 0.15) is 53.4 Å². The first-order valence-electron chi connectivity index (χ1n) is 8.81. The molecule has 4 nitrogen and oxygen atoms in total. The number of amides is 1. The number of aromatic nitrogens is 2. The molecule has 0 spiro atoms. The molecule has 144 valence electrons. The number of rotatable bonds is 6. The Morgan fingerprint density at radius 2 is 2.04 bits per heavy atom. The lowest BCUT2D eigenvalue weighted by Gasteiger charge is -2.31. The van der Waals surface area contributed by atoms with E-state index in [9.17, 15) is 18.0 Å². The number of alkyl halides is 2. The molecule has 27 heavy (non-hydrogen) atoms. The first-order valence-corrected chi connectivity index (χ1v) is 8.81. The van der Waals surface area contributed by atoms with Crippen LogP contribution in [0.15, 0.2) is 30.8 Å². The highest BCUT2D eigenvalue weighted by Gasteiger charge is 2.41. The second-order valence-electron chi connectivity index (χ2n) is 6.99. The van der Waals surface area contributed by atoms with Crippen LogP contribution in [0.4, 0.5) is 13.2 Å². The van der Waals surface area contributed by atoms with Crippen LogP contribution >= 0.6 is 0 Å². The van der Waals surface area contributed by atoms with Crippen LogP contribution in [0.2, 0.25) is 0 Å². The molecular formula is C20H22F3N3O. The highest BCUT2D eigenvalue weighted by molar-refractivity contribution is 5.97. The highest BCUT2D eigenvalue weighted by Crippen LogP contribution is 2.36. The van der Waals surface area contributed by atoms with Gasteiger partial charge in [-0.25, -0.2) is 13.5 Å². The van der Waals surface area contributed by atoms with Gasteiger partial charge in [0, 0.05) is 13.1 Å². The number of hydrogen-bond acceptors (Lipinski definition) is 2. The Labute approximate surface area is 156 Å². The molecule has 0 N–H and O–H groups in total. The minimum absolute atomic E-state index is 0.112. The third-order valence-electron chi connectivity index (χ3n) is 4.91. The van der Waals surface area contributed by atoms with Crippen molar-refractivity contribution >= 4 is 11.5 Å². The number of nitrogens with zero attached hydrogens (tertiary/aromatic N) is 3. The van der Waals surface area contributed by atoms with Gasteiger partial charge in [-0.3, -0.25) is 4.79 Å². The van der Waals surface area contributed by atoms with Gasteiger partial charge in [0.2, 0.25) is 5.95 Å². The van der Waals surface area contributed by atoms with Crippen LogP contribution in [0, 0.1) is 12.9 Å². The molecule has 1 heterocycles. The van der Waals surface area contributed by atoms with Gasteiger partial charge in [-0.2, -0.15) is 9.49 Å². The Morgan fingerprint density at radius 1 is 1.37 bits per heavy atom. The van der Waals surface area contributed by atoms with Gasteiger partial charge in [0.25, 0.3) is 12.3 Å². The maximum Gasteiger partial charge on any atom is 0.283 e. The molecule has 0 saturated heterocycles. The van der Waals surface area contributed by atoms with Crippen molar-refractivity contribution < 1.29 is 18.0 Å². The van der Waals surface area contributed by atoms with E-state index < -0.39 is 35.6 Å². The van der Waals surface area contributed by atoms with E-state index in [0.29, 0.717) is 10.3 Å². The summed E-state index contributed by atoms with van der Waals surface area (Å²) in [6, 6.07) is 7.10.